The Hall–Kier alpha value is -2.73. The SMILES string of the molecule is CCc1ccc(N2CCOC2c2ccn(-c3ccccc3C(F)(F)F)c2)cc1. The number of hydrogen-bond donors (Lipinski definition) is 0. The number of aryl methyl sites for hydroxylation is 1. The highest BCUT2D eigenvalue weighted by molar-refractivity contribution is 5.51. The topological polar surface area (TPSA) is 17.4 Å². The second-order valence-corrected chi connectivity index (χ2v) is 6.80. The molecule has 2 heterocycles. The third-order valence-electron chi connectivity index (χ3n) is 5.06. The highest BCUT2D eigenvalue weighted by Crippen LogP contribution is 2.36. The normalized spacial score (nSPS) is 17.3. The van der Waals surface area contributed by atoms with Gasteiger partial charge in [-0.3, -0.25) is 0 Å². The van der Waals surface area contributed by atoms with Crippen molar-refractivity contribution in [3.05, 3.63) is 83.7 Å². The van der Waals surface area contributed by atoms with Gasteiger partial charge in [-0.1, -0.05) is 31.2 Å². The lowest BCUT2D eigenvalue weighted by atomic mass is 10.1. The maximum Gasteiger partial charge on any atom is 0.418 e. The van der Waals surface area contributed by atoms with Gasteiger partial charge in [-0.05, 0) is 42.3 Å². The number of aromatic nitrogens is 1. The molecule has 4 rings (SSSR count). The van der Waals surface area contributed by atoms with E-state index in [0.29, 0.717) is 6.61 Å². The number of anilines is 1. The average molecular weight is 386 g/mol. The maximum atomic E-state index is 13.3. The fourth-order valence-electron chi connectivity index (χ4n) is 3.58. The van der Waals surface area contributed by atoms with Gasteiger partial charge in [0.05, 0.1) is 17.9 Å². The number of benzene rings is 2. The molecule has 0 radical (unpaired) electrons. The molecule has 146 valence electrons. The van der Waals surface area contributed by atoms with Crippen LogP contribution in [0.3, 0.4) is 0 Å². The molecule has 1 saturated heterocycles. The summed E-state index contributed by atoms with van der Waals surface area (Å²) in [6, 6.07) is 15.7. The van der Waals surface area contributed by atoms with Crippen LogP contribution >= 0.6 is 0 Å². The second-order valence-electron chi connectivity index (χ2n) is 6.80. The molecule has 0 bridgehead atoms. The minimum atomic E-state index is -4.40. The van der Waals surface area contributed by atoms with E-state index in [2.05, 4.69) is 36.1 Å². The first kappa shape index (κ1) is 18.6. The van der Waals surface area contributed by atoms with Gasteiger partial charge in [0.2, 0.25) is 0 Å². The van der Waals surface area contributed by atoms with Crippen LogP contribution in [0.2, 0.25) is 0 Å². The van der Waals surface area contributed by atoms with E-state index in [1.54, 1.807) is 18.5 Å². The first-order valence-corrected chi connectivity index (χ1v) is 9.29. The Kier molecular flexibility index (Phi) is 4.89. The predicted octanol–water partition coefficient (Wildman–Crippen LogP) is 5.59. The molecule has 1 aromatic heterocycles. The molecule has 2 aromatic carbocycles. The van der Waals surface area contributed by atoms with Crippen molar-refractivity contribution in [1.29, 1.82) is 0 Å². The van der Waals surface area contributed by atoms with Crippen molar-refractivity contribution in [3.63, 3.8) is 0 Å². The van der Waals surface area contributed by atoms with Crippen LogP contribution in [0.15, 0.2) is 67.0 Å². The lowest BCUT2D eigenvalue weighted by Crippen LogP contribution is -2.23. The molecule has 3 nitrogen and oxygen atoms in total. The van der Waals surface area contributed by atoms with Gasteiger partial charge in [-0.25, -0.2) is 0 Å². The summed E-state index contributed by atoms with van der Waals surface area (Å²) < 4.78 is 47.4. The number of para-hydroxylation sites is 1. The molecule has 1 atom stereocenters. The molecule has 0 amide bonds. The molecule has 3 aromatic rings. The van der Waals surface area contributed by atoms with Crippen molar-refractivity contribution in [3.8, 4) is 5.69 Å². The second kappa shape index (κ2) is 7.36. The fraction of sp³-hybridized carbons (Fsp3) is 0.273. The summed E-state index contributed by atoms with van der Waals surface area (Å²) >= 11 is 0. The molecule has 1 fully saturated rings. The number of alkyl halides is 3. The van der Waals surface area contributed by atoms with Crippen molar-refractivity contribution in [2.24, 2.45) is 0 Å². The van der Waals surface area contributed by atoms with Crippen molar-refractivity contribution < 1.29 is 17.9 Å². The third-order valence-corrected chi connectivity index (χ3v) is 5.06. The smallest absolute Gasteiger partial charge is 0.352 e. The van der Waals surface area contributed by atoms with Crippen LogP contribution in [-0.2, 0) is 17.3 Å². The maximum absolute atomic E-state index is 13.3. The number of halogens is 3. The highest BCUT2D eigenvalue weighted by atomic mass is 19.4. The Morgan fingerprint density at radius 1 is 1.04 bits per heavy atom. The van der Waals surface area contributed by atoms with E-state index < -0.39 is 11.7 Å². The molecule has 0 saturated carbocycles. The number of rotatable bonds is 4. The van der Waals surface area contributed by atoms with Crippen LogP contribution in [-0.4, -0.2) is 17.7 Å². The number of ether oxygens (including phenoxy) is 1. The van der Waals surface area contributed by atoms with E-state index in [-0.39, 0.29) is 11.9 Å². The molecule has 0 aliphatic carbocycles. The summed E-state index contributed by atoms with van der Waals surface area (Å²) in [5.41, 5.74) is 2.59. The van der Waals surface area contributed by atoms with Crippen molar-refractivity contribution in [2.75, 3.05) is 18.1 Å². The minimum Gasteiger partial charge on any atom is -0.352 e. The van der Waals surface area contributed by atoms with Crippen molar-refractivity contribution in [2.45, 2.75) is 25.7 Å². The zero-order valence-corrected chi connectivity index (χ0v) is 15.5. The summed E-state index contributed by atoms with van der Waals surface area (Å²) in [7, 11) is 0. The summed E-state index contributed by atoms with van der Waals surface area (Å²) in [6.07, 6.45) is -0.375. The molecular formula is C22H21F3N2O. The fourth-order valence-corrected chi connectivity index (χ4v) is 3.58. The molecule has 0 spiro atoms. The zero-order valence-electron chi connectivity index (χ0n) is 15.5. The Balaban J connectivity index is 1.64. The van der Waals surface area contributed by atoms with Crippen LogP contribution < -0.4 is 4.90 Å². The molecule has 1 aliphatic heterocycles. The first-order valence-electron chi connectivity index (χ1n) is 9.29. The van der Waals surface area contributed by atoms with E-state index in [9.17, 15) is 13.2 Å². The lowest BCUT2D eigenvalue weighted by molar-refractivity contribution is -0.137. The van der Waals surface area contributed by atoms with E-state index >= 15 is 0 Å². The molecule has 1 unspecified atom stereocenters. The quantitative estimate of drug-likeness (QED) is 0.581. The zero-order chi connectivity index (χ0) is 19.7. The monoisotopic (exact) mass is 386 g/mol. The molecular weight excluding hydrogens is 365 g/mol. The summed E-state index contributed by atoms with van der Waals surface area (Å²) in [4.78, 5) is 2.13. The van der Waals surface area contributed by atoms with Gasteiger partial charge < -0.3 is 14.2 Å². The Bertz CT molecular complexity index is 947. The molecule has 6 heteroatoms. The Labute approximate surface area is 162 Å². The molecule has 1 aliphatic rings. The summed E-state index contributed by atoms with van der Waals surface area (Å²) in [6.45, 7) is 3.42. The third kappa shape index (κ3) is 3.52. The summed E-state index contributed by atoms with van der Waals surface area (Å²) in [5.74, 6) is 0. The Morgan fingerprint density at radius 2 is 1.79 bits per heavy atom. The van der Waals surface area contributed by atoms with Crippen LogP contribution in [0.25, 0.3) is 5.69 Å². The lowest BCUT2D eigenvalue weighted by Gasteiger charge is -2.24. The largest absolute Gasteiger partial charge is 0.418 e. The van der Waals surface area contributed by atoms with Gasteiger partial charge in [-0.2, -0.15) is 13.2 Å². The Morgan fingerprint density at radius 3 is 2.50 bits per heavy atom. The average Bonchev–Trinajstić information content (AvgIpc) is 3.37. The van der Waals surface area contributed by atoms with Gasteiger partial charge in [0.25, 0.3) is 0 Å². The van der Waals surface area contributed by atoms with Gasteiger partial charge >= 0.3 is 6.18 Å². The highest BCUT2D eigenvalue weighted by Gasteiger charge is 2.34. The number of hydrogen-bond acceptors (Lipinski definition) is 2. The van der Waals surface area contributed by atoms with Crippen LogP contribution in [0.5, 0.6) is 0 Å². The van der Waals surface area contributed by atoms with E-state index in [1.165, 1.54) is 22.3 Å². The van der Waals surface area contributed by atoms with Gasteiger partial charge in [0.15, 0.2) is 6.23 Å². The predicted molar refractivity (Wildman–Crippen MR) is 103 cm³/mol. The van der Waals surface area contributed by atoms with Crippen molar-refractivity contribution >= 4 is 5.69 Å². The van der Waals surface area contributed by atoms with Crippen LogP contribution in [0.1, 0.15) is 29.8 Å². The van der Waals surface area contributed by atoms with Crippen molar-refractivity contribution in [1.82, 2.24) is 4.57 Å². The summed E-state index contributed by atoms with van der Waals surface area (Å²) in [5, 5.41) is 0. The van der Waals surface area contributed by atoms with Gasteiger partial charge in [0.1, 0.15) is 0 Å². The number of nitrogens with zero attached hydrogens (tertiary/aromatic N) is 2. The minimum absolute atomic E-state index is 0.109. The van der Waals surface area contributed by atoms with Crippen LogP contribution in [0, 0.1) is 0 Å². The molecule has 0 N–H and O–H groups in total. The van der Waals surface area contributed by atoms with E-state index in [4.69, 9.17) is 4.74 Å². The molecule has 28 heavy (non-hydrogen) atoms. The van der Waals surface area contributed by atoms with Gasteiger partial charge in [-0.15, -0.1) is 0 Å². The van der Waals surface area contributed by atoms with Crippen LogP contribution in [0.4, 0.5) is 18.9 Å². The van der Waals surface area contributed by atoms with E-state index in [0.717, 1.165) is 30.3 Å². The van der Waals surface area contributed by atoms with Gasteiger partial charge in [0, 0.05) is 30.2 Å². The first-order chi connectivity index (χ1) is 13.5. The van der Waals surface area contributed by atoms with E-state index in [1.807, 2.05) is 6.07 Å². The standard InChI is InChI=1S/C22H21F3N2O/c1-2-16-7-9-18(10-8-16)27-13-14-28-21(27)17-11-12-26(15-17)20-6-4-3-5-19(20)22(23,24)25/h3-12,15,21H,2,13-14H2,1H3.